The van der Waals surface area contributed by atoms with Gasteiger partial charge in [0.05, 0.1) is 24.8 Å². The van der Waals surface area contributed by atoms with Crippen molar-refractivity contribution < 1.29 is 23.8 Å². The van der Waals surface area contributed by atoms with Crippen LogP contribution in [0.3, 0.4) is 0 Å². The number of pyridine rings is 1. The number of hydrogen-bond donors (Lipinski definition) is 1. The van der Waals surface area contributed by atoms with Gasteiger partial charge in [0.15, 0.2) is 0 Å². The average molecular weight is 448 g/mol. The number of amides is 1. The van der Waals surface area contributed by atoms with Crippen LogP contribution in [0.5, 0.6) is 5.75 Å². The Kier molecular flexibility index (Phi) is 7.87. The Morgan fingerprint density at radius 3 is 2.53 bits per heavy atom. The molecule has 8 nitrogen and oxygen atoms in total. The molecule has 1 aliphatic heterocycles. The number of rotatable bonds is 7. The maximum atomic E-state index is 14.9. The summed E-state index contributed by atoms with van der Waals surface area (Å²) >= 11 is 0. The molecule has 0 radical (unpaired) electrons. The van der Waals surface area contributed by atoms with Crippen molar-refractivity contribution in [1.82, 2.24) is 14.4 Å². The van der Waals surface area contributed by atoms with Gasteiger partial charge in [0.25, 0.3) is 5.56 Å². The molecule has 9 heteroatoms. The summed E-state index contributed by atoms with van der Waals surface area (Å²) < 4.78 is 26.6. The highest BCUT2D eigenvalue weighted by Gasteiger charge is 2.34. The summed E-state index contributed by atoms with van der Waals surface area (Å²) in [5, 5.41) is 10.8. The molecule has 0 unspecified atom stereocenters. The van der Waals surface area contributed by atoms with E-state index in [4.69, 9.17) is 9.47 Å². The number of aryl methyl sites for hydroxylation is 1. The number of methoxy groups -OCH3 is 1. The zero-order chi connectivity index (χ0) is 23.3. The van der Waals surface area contributed by atoms with E-state index < -0.39 is 18.0 Å². The molecule has 1 saturated heterocycles. The van der Waals surface area contributed by atoms with Crippen molar-refractivity contribution in [3.05, 3.63) is 63.3 Å². The number of benzene rings is 1. The zero-order valence-corrected chi connectivity index (χ0v) is 18.7. The quantitative estimate of drug-likeness (QED) is 0.702. The van der Waals surface area contributed by atoms with E-state index in [0.717, 1.165) is 0 Å². The van der Waals surface area contributed by atoms with E-state index in [9.17, 15) is 19.1 Å². The predicted molar refractivity (Wildman–Crippen MR) is 117 cm³/mol. The first-order valence-corrected chi connectivity index (χ1v) is 10.7. The van der Waals surface area contributed by atoms with Crippen molar-refractivity contribution in [2.75, 3.05) is 46.5 Å². The summed E-state index contributed by atoms with van der Waals surface area (Å²) in [5.41, 5.74) is 0.612. The molecule has 32 heavy (non-hydrogen) atoms. The van der Waals surface area contributed by atoms with Gasteiger partial charge in [-0.05, 0) is 26.0 Å². The maximum absolute atomic E-state index is 14.9. The van der Waals surface area contributed by atoms with Gasteiger partial charge in [-0.3, -0.25) is 9.69 Å². The zero-order valence-electron chi connectivity index (χ0n) is 18.7. The van der Waals surface area contributed by atoms with E-state index in [0.29, 0.717) is 50.6 Å². The number of carbonyl (C=O) groups excluding carboxylic acids is 1. The van der Waals surface area contributed by atoms with Gasteiger partial charge < -0.3 is 24.0 Å². The van der Waals surface area contributed by atoms with Crippen molar-refractivity contribution in [1.29, 1.82) is 0 Å². The van der Waals surface area contributed by atoms with Crippen LogP contribution in [0, 0.1) is 12.7 Å². The van der Waals surface area contributed by atoms with E-state index in [-0.39, 0.29) is 23.5 Å². The predicted octanol–water partition coefficient (Wildman–Crippen LogP) is 2.51. The highest BCUT2D eigenvalue weighted by molar-refractivity contribution is 5.67. The molecule has 174 valence electrons. The summed E-state index contributed by atoms with van der Waals surface area (Å²) in [5.74, 6) is -0.643. The third-order valence-electron chi connectivity index (χ3n) is 5.72. The number of halogens is 1. The topological polar surface area (TPSA) is 84.2 Å². The first kappa shape index (κ1) is 23.7. The van der Waals surface area contributed by atoms with Crippen LogP contribution in [0.1, 0.15) is 29.8 Å². The lowest BCUT2D eigenvalue weighted by Crippen LogP contribution is -2.51. The van der Waals surface area contributed by atoms with E-state index in [1.165, 1.54) is 16.7 Å². The minimum atomic E-state index is -0.803. The number of aromatic hydroxyl groups is 1. The Hall–Kier alpha value is -2.91. The lowest BCUT2D eigenvalue weighted by molar-refractivity contribution is 0.0704. The molecule has 0 aliphatic carbocycles. The van der Waals surface area contributed by atoms with E-state index in [1.54, 1.807) is 44.1 Å². The van der Waals surface area contributed by atoms with Gasteiger partial charge in [0.2, 0.25) is 0 Å². The summed E-state index contributed by atoms with van der Waals surface area (Å²) in [7, 11) is 1.55. The standard InChI is InChI=1S/C23H30FN3O5/c1-4-32-23(30)26-11-9-25(10-12-26)21(17-7-5-6-8-18(17)24)20-19(28)15-16(2)27(22(20)29)13-14-31-3/h5-8,15,21,28H,4,9-14H2,1-3H3/t21-/m0/s1. The Balaban J connectivity index is 2.04. The van der Waals surface area contributed by atoms with E-state index in [1.807, 2.05) is 4.90 Å². The number of hydrogen-bond acceptors (Lipinski definition) is 6. The molecule has 0 spiro atoms. The molecule has 0 saturated carbocycles. The normalized spacial score (nSPS) is 15.6. The van der Waals surface area contributed by atoms with Gasteiger partial charge in [-0.2, -0.15) is 0 Å². The summed E-state index contributed by atoms with van der Waals surface area (Å²) in [6, 6.07) is 6.97. The molecule has 1 amide bonds. The number of nitrogens with zero attached hydrogens (tertiary/aromatic N) is 3. The van der Waals surface area contributed by atoms with Gasteiger partial charge in [-0.25, -0.2) is 9.18 Å². The smallest absolute Gasteiger partial charge is 0.409 e. The minimum absolute atomic E-state index is 0.112. The van der Waals surface area contributed by atoms with Crippen molar-refractivity contribution >= 4 is 6.09 Å². The number of piperazine rings is 1. The van der Waals surface area contributed by atoms with Gasteiger partial charge in [0, 0.05) is 51.1 Å². The fourth-order valence-corrected chi connectivity index (χ4v) is 4.10. The molecule has 1 atom stereocenters. The maximum Gasteiger partial charge on any atom is 0.409 e. The molecule has 0 bridgehead atoms. The molecule has 3 rings (SSSR count). The van der Waals surface area contributed by atoms with Gasteiger partial charge in [-0.1, -0.05) is 18.2 Å². The molecule has 1 aromatic heterocycles. The number of aromatic nitrogens is 1. The minimum Gasteiger partial charge on any atom is -0.507 e. The molecular formula is C23H30FN3O5. The molecule has 2 aromatic rings. The van der Waals surface area contributed by atoms with Gasteiger partial charge in [0.1, 0.15) is 11.6 Å². The second kappa shape index (κ2) is 10.6. The van der Waals surface area contributed by atoms with E-state index in [2.05, 4.69) is 0 Å². The fraction of sp³-hybridized carbons (Fsp3) is 0.478. The fourth-order valence-electron chi connectivity index (χ4n) is 4.10. The van der Waals surface area contributed by atoms with Crippen LogP contribution < -0.4 is 5.56 Å². The van der Waals surface area contributed by atoms with Crippen LogP contribution in [0.2, 0.25) is 0 Å². The van der Waals surface area contributed by atoms with Crippen LogP contribution in [-0.2, 0) is 16.0 Å². The molecular weight excluding hydrogens is 417 g/mol. The monoisotopic (exact) mass is 447 g/mol. The van der Waals surface area contributed by atoms with Crippen molar-refractivity contribution in [2.24, 2.45) is 0 Å². The molecule has 2 heterocycles. The summed E-state index contributed by atoms with van der Waals surface area (Å²) in [4.78, 5) is 29.0. The largest absolute Gasteiger partial charge is 0.507 e. The van der Waals surface area contributed by atoms with Crippen LogP contribution in [-0.4, -0.2) is 72.1 Å². The SMILES string of the molecule is CCOC(=O)N1CCN([C@@H](c2ccccc2F)c2c(O)cc(C)n(CCOC)c2=O)CC1. The third-order valence-corrected chi connectivity index (χ3v) is 5.72. The number of ether oxygens (including phenoxy) is 2. The number of carbonyl (C=O) groups is 1. The lowest BCUT2D eigenvalue weighted by atomic mass is 9.95. The molecule has 1 aromatic carbocycles. The summed E-state index contributed by atoms with van der Waals surface area (Å²) in [6.45, 7) is 5.93. The van der Waals surface area contributed by atoms with Crippen LogP contribution >= 0.6 is 0 Å². The van der Waals surface area contributed by atoms with Crippen molar-refractivity contribution in [3.8, 4) is 5.75 Å². The Morgan fingerprint density at radius 2 is 1.91 bits per heavy atom. The molecule has 1 aliphatic rings. The highest BCUT2D eigenvalue weighted by atomic mass is 19.1. The Bertz CT molecular complexity index is 1000. The van der Waals surface area contributed by atoms with E-state index >= 15 is 0 Å². The van der Waals surface area contributed by atoms with Crippen molar-refractivity contribution in [3.63, 3.8) is 0 Å². The lowest BCUT2D eigenvalue weighted by Gasteiger charge is -2.39. The second-order valence-electron chi connectivity index (χ2n) is 7.68. The Labute approximate surface area is 186 Å². The third kappa shape index (κ3) is 4.94. The highest BCUT2D eigenvalue weighted by Crippen LogP contribution is 2.34. The van der Waals surface area contributed by atoms with Crippen molar-refractivity contribution in [2.45, 2.75) is 26.4 Å². The average Bonchev–Trinajstić information content (AvgIpc) is 2.77. The second-order valence-corrected chi connectivity index (χ2v) is 7.68. The summed E-state index contributed by atoms with van der Waals surface area (Å²) in [6.07, 6.45) is -0.394. The first-order chi connectivity index (χ1) is 15.4. The first-order valence-electron chi connectivity index (χ1n) is 10.7. The molecule has 1 N–H and O–H groups in total. The van der Waals surface area contributed by atoms with Gasteiger partial charge >= 0.3 is 6.09 Å². The Morgan fingerprint density at radius 1 is 1.22 bits per heavy atom. The van der Waals surface area contributed by atoms with Crippen LogP contribution in [0.15, 0.2) is 35.1 Å². The van der Waals surface area contributed by atoms with Crippen LogP contribution in [0.4, 0.5) is 9.18 Å². The molecule has 1 fully saturated rings. The van der Waals surface area contributed by atoms with Crippen LogP contribution in [0.25, 0.3) is 0 Å². The van der Waals surface area contributed by atoms with Gasteiger partial charge in [-0.15, -0.1) is 0 Å².